The van der Waals surface area contributed by atoms with Gasteiger partial charge in [-0.25, -0.2) is 0 Å². The topological polar surface area (TPSA) is 0 Å². The highest BCUT2D eigenvalue weighted by molar-refractivity contribution is 5.76. The van der Waals surface area contributed by atoms with Gasteiger partial charge in [0.25, 0.3) is 0 Å². The normalized spacial score (nSPS) is 11.3. The van der Waals surface area contributed by atoms with Crippen molar-refractivity contribution in [2.75, 3.05) is 0 Å². The largest absolute Gasteiger partial charge is 0.0845 e. The maximum absolute atomic E-state index is 2.24. The Morgan fingerprint density at radius 1 is 1.06 bits per heavy atom. The van der Waals surface area contributed by atoms with Gasteiger partial charge in [-0.1, -0.05) is 80.0 Å². The van der Waals surface area contributed by atoms with Gasteiger partial charge in [-0.3, -0.25) is 0 Å². The summed E-state index contributed by atoms with van der Waals surface area (Å²) in [7, 11) is 0. The minimum absolute atomic E-state index is 1.18. The van der Waals surface area contributed by atoms with Crippen LogP contribution in [0.2, 0.25) is 0 Å². The Bertz CT molecular complexity index is 415. The molecule has 0 nitrogen and oxygen atoms in total. The van der Waals surface area contributed by atoms with Gasteiger partial charge in [-0.2, -0.15) is 0 Å². The summed E-state index contributed by atoms with van der Waals surface area (Å²) in [5.74, 6) is 0. The van der Waals surface area contributed by atoms with Crippen molar-refractivity contribution in [3.63, 3.8) is 0 Å². The molecule has 0 amide bonds. The summed E-state index contributed by atoms with van der Waals surface area (Å²) >= 11 is 0. The molecule has 0 saturated heterocycles. The van der Waals surface area contributed by atoms with Gasteiger partial charge in [0.15, 0.2) is 0 Å². The van der Waals surface area contributed by atoms with Crippen LogP contribution in [-0.4, -0.2) is 0 Å². The summed E-state index contributed by atoms with van der Waals surface area (Å²) in [5, 5.41) is 0. The number of hydrogen-bond acceptors (Lipinski definition) is 0. The van der Waals surface area contributed by atoms with Crippen LogP contribution in [-0.2, 0) is 0 Å². The van der Waals surface area contributed by atoms with Crippen molar-refractivity contribution in [3.8, 4) is 0 Å². The van der Waals surface area contributed by atoms with Crippen LogP contribution >= 0.6 is 0 Å². The van der Waals surface area contributed by atoms with Gasteiger partial charge >= 0.3 is 0 Å². The lowest BCUT2D eigenvalue weighted by Gasteiger charge is -2.04. The van der Waals surface area contributed by atoms with E-state index in [2.05, 4.69) is 75.4 Å². The van der Waals surface area contributed by atoms with Gasteiger partial charge in [0.1, 0.15) is 0 Å². The van der Waals surface area contributed by atoms with E-state index < -0.39 is 0 Å². The lowest BCUT2D eigenvalue weighted by Crippen LogP contribution is -1.82. The standard InChI is InChI=1S/C18H24/c1-4-5-6-7-8-12-15-18(16(2)3)17-13-10-9-11-14-17/h7-15H,4-6H2,1-3H3. The Hall–Kier alpha value is -1.56. The van der Waals surface area contributed by atoms with Crippen LogP contribution < -0.4 is 0 Å². The third kappa shape index (κ3) is 5.18. The first-order valence-corrected chi connectivity index (χ1v) is 6.81. The van der Waals surface area contributed by atoms with Gasteiger partial charge < -0.3 is 0 Å². The van der Waals surface area contributed by atoms with Crippen LogP contribution in [0.1, 0.15) is 45.6 Å². The van der Waals surface area contributed by atoms with Crippen molar-refractivity contribution < 1.29 is 0 Å². The molecule has 0 atom stereocenters. The number of allylic oxidation sites excluding steroid dienone is 6. The van der Waals surface area contributed by atoms with Crippen molar-refractivity contribution >= 4 is 5.57 Å². The molecule has 0 saturated carbocycles. The summed E-state index contributed by atoms with van der Waals surface area (Å²) in [6.45, 7) is 6.54. The summed E-state index contributed by atoms with van der Waals surface area (Å²) in [6.07, 6.45) is 12.5. The number of rotatable bonds is 6. The Morgan fingerprint density at radius 2 is 1.78 bits per heavy atom. The molecule has 0 bridgehead atoms. The van der Waals surface area contributed by atoms with Crippen molar-refractivity contribution in [2.45, 2.75) is 40.0 Å². The Labute approximate surface area is 112 Å². The average Bonchev–Trinajstić information content (AvgIpc) is 2.38. The first kappa shape index (κ1) is 14.5. The van der Waals surface area contributed by atoms with Crippen molar-refractivity contribution in [1.82, 2.24) is 0 Å². The maximum atomic E-state index is 2.24. The zero-order chi connectivity index (χ0) is 13.2. The molecule has 0 aliphatic heterocycles. The van der Waals surface area contributed by atoms with E-state index in [1.807, 2.05) is 0 Å². The Morgan fingerprint density at radius 3 is 2.39 bits per heavy atom. The molecule has 0 heteroatoms. The van der Waals surface area contributed by atoms with Gasteiger partial charge in [0.2, 0.25) is 0 Å². The minimum atomic E-state index is 1.18. The van der Waals surface area contributed by atoms with Gasteiger partial charge in [-0.05, 0) is 31.4 Å². The third-order valence-corrected chi connectivity index (χ3v) is 2.86. The highest BCUT2D eigenvalue weighted by Gasteiger charge is 1.97. The molecular weight excluding hydrogens is 216 g/mol. The van der Waals surface area contributed by atoms with Crippen molar-refractivity contribution in [1.29, 1.82) is 0 Å². The summed E-state index contributed by atoms with van der Waals surface area (Å²) in [4.78, 5) is 0. The predicted octanol–water partition coefficient (Wildman–Crippen LogP) is 5.78. The Balaban J connectivity index is 2.69. The molecular formula is C18H24. The smallest absolute Gasteiger partial charge is 0.0185 e. The van der Waals surface area contributed by atoms with Crippen LogP contribution in [0.15, 0.2) is 60.2 Å². The number of unbranched alkanes of at least 4 members (excludes halogenated alkanes) is 2. The molecule has 1 rings (SSSR count). The van der Waals surface area contributed by atoms with Crippen LogP contribution in [0.25, 0.3) is 5.57 Å². The van der Waals surface area contributed by atoms with E-state index in [4.69, 9.17) is 0 Å². The van der Waals surface area contributed by atoms with E-state index in [1.54, 1.807) is 0 Å². The van der Waals surface area contributed by atoms with E-state index >= 15 is 0 Å². The lowest BCUT2D eigenvalue weighted by molar-refractivity contribution is 0.815. The molecule has 0 fully saturated rings. The molecule has 0 aliphatic rings. The van der Waals surface area contributed by atoms with Gasteiger partial charge in [0, 0.05) is 0 Å². The molecule has 0 unspecified atom stereocenters. The molecule has 0 heterocycles. The summed E-state index contributed by atoms with van der Waals surface area (Å²) < 4.78 is 0. The summed E-state index contributed by atoms with van der Waals surface area (Å²) in [5.41, 5.74) is 3.95. The quantitative estimate of drug-likeness (QED) is 0.436. The first-order valence-electron chi connectivity index (χ1n) is 6.81. The van der Waals surface area contributed by atoms with Gasteiger partial charge in [-0.15, -0.1) is 0 Å². The molecule has 18 heavy (non-hydrogen) atoms. The van der Waals surface area contributed by atoms with E-state index in [0.717, 1.165) is 0 Å². The van der Waals surface area contributed by atoms with Crippen LogP contribution in [0.3, 0.4) is 0 Å². The van der Waals surface area contributed by atoms with Crippen LogP contribution in [0, 0.1) is 0 Å². The monoisotopic (exact) mass is 240 g/mol. The fraction of sp³-hybridized carbons (Fsp3) is 0.333. The number of hydrogen-bond donors (Lipinski definition) is 0. The molecule has 1 aromatic rings. The van der Waals surface area contributed by atoms with Gasteiger partial charge in [0.05, 0.1) is 0 Å². The predicted molar refractivity (Wildman–Crippen MR) is 82.5 cm³/mol. The molecule has 0 aromatic heterocycles. The fourth-order valence-electron chi connectivity index (χ4n) is 1.82. The summed E-state index contributed by atoms with van der Waals surface area (Å²) in [6, 6.07) is 10.5. The molecule has 96 valence electrons. The highest BCUT2D eigenvalue weighted by atomic mass is 14.0. The molecule has 0 N–H and O–H groups in total. The second kappa shape index (κ2) is 8.52. The van der Waals surface area contributed by atoms with Crippen LogP contribution in [0.5, 0.6) is 0 Å². The first-order chi connectivity index (χ1) is 8.75. The molecule has 0 radical (unpaired) electrons. The van der Waals surface area contributed by atoms with Crippen molar-refractivity contribution in [2.24, 2.45) is 0 Å². The zero-order valence-corrected chi connectivity index (χ0v) is 11.8. The lowest BCUT2D eigenvalue weighted by atomic mass is 10.0. The second-order valence-electron chi connectivity index (χ2n) is 4.71. The molecule has 0 spiro atoms. The third-order valence-electron chi connectivity index (χ3n) is 2.86. The molecule has 1 aromatic carbocycles. The average molecular weight is 240 g/mol. The zero-order valence-electron chi connectivity index (χ0n) is 11.8. The van der Waals surface area contributed by atoms with Crippen LogP contribution in [0.4, 0.5) is 0 Å². The SMILES string of the molecule is CCCCC=CC=CC(=C(C)C)c1ccccc1. The van der Waals surface area contributed by atoms with Crippen molar-refractivity contribution in [3.05, 3.63) is 65.8 Å². The highest BCUT2D eigenvalue weighted by Crippen LogP contribution is 2.19. The second-order valence-corrected chi connectivity index (χ2v) is 4.71. The van der Waals surface area contributed by atoms with E-state index in [9.17, 15) is 0 Å². The maximum Gasteiger partial charge on any atom is -0.0185 e. The van der Waals surface area contributed by atoms with E-state index in [1.165, 1.54) is 36.0 Å². The minimum Gasteiger partial charge on any atom is -0.0845 e. The van der Waals surface area contributed by atoms with E-state index in [0.29, 0.717) is 0 Å². The number of benzene rings is 1. The molecule has 0 aliphatic carbocycles. The van der Waals surface area contributed by atoms with E-state index in [-0.39, 0.29) is 0 Å². The fourth-order valence-corrected chi connectivity index (χ4v) is 1.82. The Kier molecular flexibility index (Phi) is 6.86.